The Morgan fingerprint density at radius 1 is 1.32 bits per heavy atom. The van der Waals surface area contributed by atoms with Crippen molar-refractivity contribution in [2.75, 3.05) is 5.32 Å². The molecule has 1 aromatic heterocycles. The molecule has 0 aliphatic heterocycles. The van der Waals surface area contributed by atoms with E-state index in [2.05, 4.69) is 10.3 Å². The zero-order chi connectivity index (χ0) is 15.9. The Balaban J connectivity index is 1.74. The number of carbonyl (C=O) groups excluding carboxylic acids is 1. The summed E-state index contributed by atoms with van der Waals surface area (Å²) in [6.45, 7) is 5.83. The molecule has 1 aliphatic carbocycles. The third-order valence-corrected chi connectivity index (χ3v) is 4.57. The fraction of sp³-hybridized carbons (Fsp3) is 0.412. The average molecular weight is 298 g/mol. The van der Waals surface area contributed by atoms with Gasteiger partial charge in [0.15, 0.2) is 0 Å². The van der Waals surface area contributed by atoms with Crippen molar-refractivity contribution in [2.45, 2.75) is 39.2 Å². The van der Waals surface area contributed by atoms with Crippen molar-refractivity contribution < 1.29 is 4.79 Å². The van der Waals surface area contributed by atoms with E-state index in [1.54, 1.807) is 0 Å². The van der Waals surface area contributed by atoms with Crippen LogP contribution in [0.5, 0.6) is 0 Å². The van der Waals surface area contributed by atoms with Crippen LogP contribution in [-0.4, -0.2) is 21.0 Å². The molecule has 3 N–H and O–H groups in total. The largest absolute Gasteiger partial charge is 0.324 e. The molecule has 1 heterocycles. The van der Waals surface area contributed by atoms with Crippen LogP contribution in [-0.2, 0) is 4.79 Å². The summed E-state index contributed by atoms with van der Waals surface area (Å²) in [6, 6.07) is 7.72. The Bertz CT molecular complexity index is 696. The molecule has 1 unspecified atom stereocenters. The predicted octanol–water partition coefficient (Wildman–Crippen LogP) is 2.56. The van der Waals surface area contributed by atoms with Crippen molar-refractivity contribution >= 4 is 11.6 Å². The molecule has 1 aliphatic rings. The highest BCUT2D eigenvalue weighted by Gasteiger charge is 2.44. The number of anilines is 1. The maximum absolute atomic E-state index is 12.3. The number of nitrogens with two attached hydrogens (primary N) is 1. The summed E-state index contributed by atoms with van der Waals surface area (Å²) in [4.78, 5) is 16.6. The molecule has 2 aromatic rings. The van der Waals surface area contributed by atoms with Crippen LogP contribution >= 0.6 is 0 Å². The lowest BCUT2D eigenvalue weighted by Gasteiger charge is -2.23. The first-order valence-electron chi connectivity index (χ1n) is 7.61. The standard InChI is InChI=1S/C17H22N4O/c1-11-12(2)21(10-19-11)15-8-6-14(7-9-15)20-16(22)17(3,18)13-4-5-13/h6-10,13H,4-5,18H2,1-3H3,(H,20,22). The first-order valence-corrected chi connectivity index (χ1v) is 7.61. The zero-order valence-corrected chi connectivity index (χ0v) is 13.3. The second kappa shape index (κ2) is 5.25. The number of imidazole rings is 1. The Labute approximate surface area is 130 Å². The number of carbonyl (C=O) groups is 1. The van der Waals surface area contributed by atoms with Gasteiger partial charge < -0.3 is 15.6 Å². The fourth-order valence-corrected chi connectivity index (χ4v) is 2.60. The smallest absolute Gasteiger partial charge is 0.244 e. The van der Waals surface area contributed by atoms with Gasteiger partial charge in [-0.1, -0.05) is 0 Å². The van der Waals surface area contributed by atoms with Crippen molar-refractivity contribution in [3.8, 4) is 5.69 Å². The van der Waals surface area contributed by atoms with E-state index in [-0.39, 0.29) is 5.91 Å². The Morgan fingerprint density at radius 2 is 1.95 bits per heavy atom. The quantitative estimate of drug-likeness (QED) is 0.911. The third-order valence-electron chi connectivity index (χ3n) is 4.57. The number of amides is 1. The van der Waals surface area contributed by atoms with Gasteiger partial charge in [-0.25, -0.2) is 4.98 Å². The summed E-state index contributed by atoms with van der Waals surface area (Å²) >= 11 is 0. The Morgan fingerprint density at radius 3 is 2.45 bits per heavy atom. The van der Waals surface area contributed by atoms with Crippen molar-refractivity contribution in [3.63, 3.8) is 0 Å². The first-order chi connectivity index (χ1) is 10.4. The van der Waals surface area contributed by atoms with E-state index in [0.29, 0.717) is 5.92 Å². The molecule has 5 heteroatoms. The van der Waals surface area contributed by atoms with E-state index >= 15 is 0 Å². The molecule has 0 saturated heterocycles. The SMILES string of the molecule is Cc1ncn(-c2ccc(NC(=O)C(C)(N)C3CC3)cc2)c1C. The molecule has 5 nitrogen and oxygen atoms in total. The lowest BCUT2D eigenvalue weighted by molar-refractivity contribution is -0.121. The monoisotopic (exact) mass is 298 g/mol. The van der Waals surface area contributed by atoms with E-state index in [1.165, 1.54) is 0 Å². The van der Waals surface area contributed by atoms with Gasteiger partial charge in [0, 0.05) is 17.1 Å². The number of nitrogens with one attached hydrogen (secondary N) is 1. The topological polar surface area (TPSA) is 72.9 Å². The van der Waals surface area contributed by atoms with Crippen molar-refractivity contribution in [3.05, 3.63) is 42.0 Å². The summed E-state index contributed by atoms with van der Waals surface area (Å²) < 4.78 is 2.03. The van der Waals surface area contributed by atoms with E-state index in [0.717, 1.165) is 35.6 Å². The summed E-state index contributed by atoms with van der Waals surface area (Å²) in [5.41, 5.74) is 9.26. The molecule has 116 valence electrons. The van der Waals surface area contributed by atoms with Crippen LogP contribution in [0.25, 0.3) is 5.69 Å². The molecule has 1 amide bonds. The molecule has 22 heavy (non-hydrogen) atoms. The van der Waals surface area contributed by atoms with Crippen LogP contribution in [0.2, 0.25) is 0 Å². The molecule has 1 aromatic carbocycles. The highest BCUT2D eigenvalue weighted by atomic mass is 16.2. The van der Waals surface area contributed by atoms with Crippen LogP contribution in [0, 0.1) is 19.8 Å². The van der Waals surface area contributed by atoms with Crippen LogP contribution in [0.3, 0.4) is 0 Å². The molecular weight excluding hydrogens is 276 g/mol. The summed E-state index contributed by atoms with van der Waals surface area (Å²) in [5, 5.41) is 2.91. The summed E-state index contributed by atoms with van der Waals surface area (Å²) in [7, 11) is 0. The maximum Gasteiger partial charge on any atom is 0.244 e. The molecule has 1 saturated carbocycles. The highest BCUT2D eigenvalue weighted by molar-refractivity contribution is 5.98. The lowest BCUT2D eigenvalue weighted by atomic mass is 9.96. The molecule has 0 spiro atoms. The zero-order valence-electron chi connectivity index (χ0n) is 13.3. The van der Waals surface area contributed by atoms with Crippen LogP contribution < -0.4 is 11.1 Å². The van der Waals surface area contributed by atoms with E-state index in [1.807, 2.05) is 55.9 Å². The molecular formula is C17H22N4O. The Hall–Kier alpha value is -2.14. The number of hydrogen-bond acceptors (Lipinski definition) is 3. The molecule has 0 bridgehead atoms. The first kappa shape index (κ1) is 14.8. The van der Waals surface area contributed by atoms with Gasteiger partial charge in [-0.15, -0.1) is 0 Å². The number of aryl methyl sites for hydroxylation is 1. The fourth-order valence-electron chi connectivity index (χ4n) is 2.60. The van der Waals surface area contributed by atoms with Gasteiger partial charge in [-0.2, -0.15) is 0 Å². The predicted molar refractivity (Wildman–Crippen MR) is 87.0 cm³/mol. The number of benzene rings is 1. The molecule has 1 fully saturated rings. The number of hydrogen-bond donors (Lipinski definition) is 2. The summed E-state index contributed by atoms with van der Waals surface area (Å²) in [5.74, 6) is 0.195. The number of nitrogens with zero attached hydrogens (tertiary/aromatic N) is 2. The van der Waals surface area contributed by atoms with Crippen LogP contribution in [0.15, 0.2) is 30.6 Å². The maximum atomic E-state index is 12.3. The van der Waals surface area contributed by atoms with Crippen molar-refractivity contribution in [1.82, 2.24) is 9.55 Å². The summed E-state index contributed by atoms with van der Waals surface area (Å²) in [6.07, 6.45) is 3.89. The highest BCUT2D eigenvalue weighted by Crippen LogP contribution is 2.38. The van der Waals surface area contributed by atoms with Gasteiger partial charge >= 0.3 is 0 Å². The number of aromatic nitrogens is 2. The molecule has 3 rings (SSSR count). The van der Waals surface area contributed by atoms with E-state index in [4.69, 9.17) is 5.73 Å². The van der Waals surface area contributed by atoms with Crippen LogP contribution in [0.4, 0.5) is 5.69 Å². The normalized spacial score (nSPS) is 17.1. The van der Waals surface area contributed by atoms with Crippen molar-refractivity contribution in [2.24, 2.45) is 11.7 Å². The van der Waals surface area contributed by atoms with E-state index < -0.39 is 5.54 Å². The second-order valence-corrected chi connectivity index (χ2v) is 6.34. The average Bonchev–Trinajstić information content (AvgIpc) is 3.29. The van der Waals surface area contributed by atoms with Crippen molar-refractivity contribution in [1.29, 1.82) is 0 Å². The minimum Gasteiger partial charge on any atom is -0.324 e. The van der Waals surface area contributed by atoms with Gasteiger partial charge in [0.2, 0.25) is 5.91 Å². The van der Waals surface area contributed by atoms with Gasteiger partial charge in [-0.05, 0) is 63.8 Å². The van der Waals surface area contributed by atoms with Gasteiger partial charge in [0.05, 0.1) is 17.6 Å². The number of rotatable bonds is 4. The van der Waals surface area contributed by atoms with Gasteiger partial charge in [0.25, 0.3) is 0 Å². The van der Waals surface area contributed by atoms with Crippen LogP contribution in [0.1, 0.15) is 31.2 Å². The Kier molecular flexibility index (Phi) is 3.53. The van der Waals surface area contributed by atoms with Gasteiger partial charge in [-0.3, -0.25) is 4.79 Å². The second-order valence-electron chi connectivity index (χ2n) is 6.34. The molecule has 0 radical (unpaired) electrons. The molecule has 1 atom stereocenters. The third kappa shape index (κ3) is 2.64. The lowest BCUT2D eigenvalue weighted by Crippen LogP contribution is -2.50. The van der Waals surface area contributed by atoms with E-state index in [9.17, 15) is 4.79 Å². The minimum atomic E-state index is -0.781. The van der Waals surface area contributed by atoms with Gasteiger partial charge in [0.1, 0.15) is 0 Å². The minimum absolute atomic E-state index is 0.114.